The lowest BCUT2D eigenvalue weighted by Gasteiger charge is -2.19. The van der Waals surface area contributed by atoms with Gasteiger partial charge in [-0.3, -0.25) is 0 Å². The zero-order valence-corrected chi connectivity index (χ0v) is 18.4. The maximum atomic E-state index is 12.6. The average molecular weight is 508 g/mol. The highest BCUT2D eigenvalue weighted by Crippen LogP contribution is 2.30. The summed E-state index contributed by atoms with van der Waals surface area (Å²) >= 11 is 1.82. The van der Waals surface area contributed by atoms with Crippen LogP contribution in [-0.2, 0) is 25.0 Å². The molecular formula is C17H21IN2O6S. The molecule has 2 rings (SSSR count). The number of anilines is 1. The number of halogens is 1. The predicted octanol–water partition coefficient (Wildman–Crippen LogP) is 3.32. The highest BCUT2D eigenvalue weighted by molar-refractivity contribution is 14.1. The van der Waals surface area contributed by atoms with Crippen LogP contribution in [0.3, 0.4) is 0 Å². The first-order valence-electron chi connectivity index (χ1n) is 8.11. The van der Waals surface area contributed by atoms with Gasteiger partial charge in [-0.05, 0) is 57.8 Å². The van der Waals surface area contributed by atoms with Crippen molar-refractivity contribution in [3.05, 3.63) is 33.4 Å². The van der Waals surface area contributed by atoms with Gasteiger partial charge in [0.25, 0.3) is 21.8 Å². The van der Waals surface area contributed by atoms with Gasteiger partial charge < -0.3 is 14.0 Å². The summed E-state index contributed by atoms with van der Waals surface area (Å²) in [5, 5.41) is 3.63. The van der Waals surface area contributed by atoms with E-state index in [2.05, 4.69) is 9.88 Å². The number of sulfonamides is 1. The van der Waals surface area contributed by atoms with Crippen molar-refractivity contribution in [2.75, 3.05) is 17.9 Å². The van der Waals surface area contributed by atoms with Crippen molar-refractivity contribution in [1.82, 2.24) is 5.16 Å². The van der Waals surface area contributed by atoms with Crippen LogP contribution in [0.15, 0.2) is 33.7 Å². The molecule has 1 heterocycles. The topological polar surface area (TPSA) is 108 Å². The average Bonchev–Trinajstić information content (AvgIpc) is 2.92. The Labute approximate surface area is 171 Å². The van der Waals surface area contributed by atoms with Gasteiger partial charge in [0.1, 0.15) is 3.57 Å². The number of benzene rings is 1. The van der Waals surface area contributed by atoms with Gasteiger partial charge in [0.15, 0.2) is 6.61 Å². The minimum Gasteiger partial charge on any atom is -0.463 e. The van der Waals surface area contributed by atoms with Gasteiger partial charge in [-0.1, -0.05) is 32.9 Å². The standard InChI is InChI=1S/C17H21IN2O6S/c1-5-24-13(21)10-25-15-14(18)16(26-19-15)20-27(22,23)12-8-6-11(7-9-12)17(2,3)4/h6-9,20H,5,10H2,1-4H3. The second-order valence-electron chi connectivity index (χ2n) is 6.60. The van der Waals surface area contributed by atoms with E-state index in [0.717, 1.165) is 5.56 Å². The monoisotopic (exact) mass is 508 g/mol. The molecule has 2 aromatic rings. The minimum absolute atomic E-state index is 0.00411. The Morgan fingerprint density at radius 3 is 2.44 bits per heavy atom. The molecule has 0 atom stereocenters. The van der Waals surface area contributed by atoms with Crippen molar-refractivity contribution in [3.63, 3.8) is 0 Å². The second kappa shape index (κ2) is 8.46. The number of esters is 1. The van der Waals surface area contributed by atoms with Crippen LogP contribution in [0.5, 0.6) is 5.88 Å². The molecule has 148 valence electrons. The Balaban J connectivity index is 2.13. The number of aromatic nitrogens is 1. The first-order valence-corrected chi connectivity index (χ1v) is 10.7. The Morgan fingerprint density at radius 1 is 1.26 bits per heavy atom. The lowest BCUT2D eigenvalue weighted by atomic mass is 9.87. The van der Waals surface area contributed by atoms with Crippen LogP contribution in [0.4, 0.5) is 5.88 Å². The molecule has 0 aliphatic carbocycles. The van der Waals surface area contributed by atoms with Crippen molar-refractivity contribution in [2.45, 2.75) is 38.0 Å². The van der Waals surface area contributed by atoms with E-state index in [9.17, 15) is 13.2 Å². The van der Waals surface area contributed by atoms with Gasteiger partial charge in [0, 0.05) is 0 Å². The molecule has 0 saturated heterocycles. The summed E-state index contributed by atoms with van der Waals surface area (Å²) in [6, 6.07) is 6.61. The molecule has 0 aliphatic heterocycles. The van der Waals surface area contributed by atoms with Crippen LogP contribution in [0.25, 0.3) is 0 Å². The van der Waals surface area contributed by atoms with Gasteiger partial charge in [-0.25, -0.2) is 17.9 Å². The third-order valence-corrected chi connectivity index (χ3v) is 5.79. The van der Waals surface area contributed by atoms with E-state index in [4.69, 9.17) is 14.0 Å². The Kier molecular flexibility index (Phi) is 6.73. The number of ether oxygens (including phenoxy) is 2. The van der Waals surface area contributed by atoms with Crippen molar-refractivity contribution < 1.29 is 27.2 Å². The Morgan fingerprint density at radius 2 is 1.89 bits per heavy atom. The second-order valence-corrected chi connectivity index (χ2v) is 9.37. The summed E-state index contributed by atoms with van der Waals surface area (Å²) in [5.74, 6) is -0.642. The normalized spacial score (nSPS) is 11.9. The summed E-state index contributed by atoms with van der Waals surface area (Å²) in [6.45, 7) is 7.70. The number of nitrogens with one attached hydrogen (secondary N) is 1. The molecule has 1 N–H and O–H groups in total. The SMILES string of the molecule is CCOC(=O)COc1noc(NS(=O)(=O)c2ccc(C(C)(C)C)cc2)c1I. The molecule has 0 fully saturated rings. The molecule has 0 aliphatic rings. The minimum atomic E-state index is -3.86. The summed E-state index contributed by atoms with van der Waals surface area (Å²) in [7, 11) is -3.86. The lowest BCUT2D eigenvalue weighted by Crippen LogP contribution is -2.16. The first kappa shape index (κ1) is 21.5. The van der Waals surface area contributed by atoms with Crippen molar-refractivity contribution in [1.29, 1.82) is 0 Å². The number of carbonyl (C=O) groups excluding carboxylic acids is 1. The Hall–Kier alpha value is -1.82. The van der Waals surface area contributed by atoms with E-state index >= 15 is 0 Å². The smallest absolute Gasteiger partial charge is 0.344 e. The molecule has 8 nitrogen and oxygen atoms in total. The predicted molar refractivity (Wildman–Crippen MR) is 107 cm³/mol. The van der Waals surface area contributed by atoms with E-state index < -0.39 is 16.0 Å². The quantitative estimate of drug-likeness (QED) is 0.452. The zero-order valence-electron chi connectivity index (χ0n) is 15.4. The highest BCUT2D eigenvalue weighted by Gasteiger charge is 2.23. The summed E-state index contributed by atoms with van der Waals surface area (Å²) in [6.07, 6.45) is 0. The fourth-order valence-electron chi connectivity index (χ4n) is 2.06. The first-order chi connectivity index (χ1) is 12.5. The van der Waals surface area contributed by atoms with E-state index in [1.807, 2.05) is 43.4 Å². The van der Waals surface area contributed by atoms with Crippen LogP contribution < -0.4 is 9.46 Å². The number of carbonyl (C=O) groups is 1. The van der Waals surface area contributed by atoms with Gasteiger partial charge >= 0.3 is 5.97 Å². The summed E-state index contributed by atoms with van der Waals surface area (Å²) < 4.78 is 42.7. The van der Waals surface area contributed by atoms with E-state index in [-0.39, 0.29) is 35.3 Å². The third-order valence-electron chi connectivity index (χ3n) is 3.50. The highest BCUT2D eigenvalue weighted by atomic mass is 127. The maximum Gasteiger partial charge on any atom is 0.344 e. The number of hydrogen-bond donors (Lipinski definition) is 1. The van der Waals surface area contributed by atoms with Gasteiger partial charge in [-0.15, -0.1) is 0 Å². The van der Waals surface area contributed by atoms with Gasteiger partial charge in [-0.2, -0.15) is 0 Å². The largest absolute Gasteiger partial charge is 0.463 e. The van der Waals surface area contributed by atoms with Gasteiger partial charge in [0.05, 0.1) is 11.5 Å². The van der Waals surface area contributed by atoms with E-state index in [1.165, 1.54) is 12.1 Å². The molecule has 0 saturated carbocycles. The molecule has 0 spiro atoms. The van der Waals surface area contributed by atoms with Crippen LogP contribution in [0.2, 0.25) is 0 Å². The molecule has 10 heteroatoms. The molecule has 1 aromatic carbocycles. The van der Waals surface area contributed by atoms with Crippen LogP contribution in [-0.4, -0.2) is 32.8 Å². The van der Waals surface area contributed by atoms with Crippen molar-refractivity contribution in [2.24, 2.45) is 0 Å². The van der Waals surface area contributed by atoms with Gasteiger partial charge in [0.2, 0.25) is 0 Å². The van der Waals surface area contributed by atoms with Crippen molar-refractivity contribution in [3.8, 4) is 5.88 Å². The fourth-order valence-corrected chi connectivity index (χ4v) is 3.73. The third kappa shape index (κ3) is 5.58. The summed E-state index contributed by atoms with van der Waals surface area (Å²) in [5.41, 5.74) is 0.937. The number of rotatable bonds is 7. The summed E-state index contributed by atoms with van der Waals surface area (Å²) in [4.78, 5) is 11.4. The molecular weight excluding hydrogens is 487 g/mol. The van der Waals surface area contributed by atoms with E-state index in [0.29, 0.717) is 3.57 Å². The number of hydrogen-bond acceptors (Lipinski definition) is 7. The Bertz CT molecular complexity index is 900. The molecule has 27 heavy (non-hydrogen) atoms. The van der Waals surface area contributed by atoms with Crippen LogP contribution in [0.1, 0.15) is 33.3 Å². The van der Waals surface area contributed by atoms with Crippen molar-refractivity contribution >= 4 is 44.5 Å². The molecule has 1 aromatic heterocycles. The van der Waals surface area contributed by atoms with Crippen LogP contribution >= 0.6 is 22.6 Å². The molecule has 0 bridgehead atoms. The number of nitrogens with zero attached hydrogens (tertiary/aromatic N) is 1. The zero-order chi connectivity index (χ0) is 20.2. The fraction of sp³-hybridized carbons (Fsp3) is 0.412. The molecule has 0 unspecified atom stereocenters. The molecule has 0 amide bonds. The maximum absolute atomic E-state index is 12.6. The van der Waals surface area contributed by atoms with Crippen LogP contribution in [0, 0.1) is 3.57 Å². The lowest BCUT2D eigenvalue weighted by molar-refractivity contribution is -0.145. The molecule has 0 radical (unpaired) electrons. The van der Waals surface area contributed by atoms with E-state index in [1.54, 1.807) is 19.1 Å².